The van der Waals surface area contributed by atoms with E-state index in [-0.39, 0.29) is 0 Å². The topological polar surface area (TPSA) is 17.0 Å². The summed E-state index contributed by atoms with van der Waals surface area (Å²) in [5.41, 5.74) is 1.41. The molecular weight excluding hydrogens is 196 g/mol. The molecule has 1 aromatic rings. The third-order valence-electron chi connectivity index (χ3n) is 3.02. The summed E-state index contributed by atoms with van der Waals surface area (Å²) in [5, 5.41) is 3.63. The van der Waals surface area contributed by atoms with Crippen molar-refractivity contribution >= 4 is 0 Å². The summed E-state index contributed by atoms with van der Waals surface area (Å²) < 4.78 is 2.28. The van der Waals surface area contributed by atoms with Crippen molar-refractivity contribution in [3.05, 3.63) is 24.0 Å². The van der Waals surface area contributed by atoms with Crippen LogP contribution in [0.4, 0.5) is 0 Å². The zero-order valence-electron chi connectivity index (χ0n) is 11.0. The van der Waals surface area contributed by atoms with Gasteiger partial charge in [0.15, 0.2) is 0 Å². The normalized spacial score (nSPS) is 12.9. The van der Waals surface area contributed by atoms with Crippen LogP contribution in [0.2, 0.25) is 0 Å². The van der Waals surface area contributed by atoms with Crippen molar-refractivity contribution in [3.63, 3.8) is 0 Å². The van der Waals surface area contributed by atoms with E-state index in [0.717, 1.165) is 13.1 Å². The van der Waals surface area contributed by atoms with Crippen molar-refractivity contribution in [2.24, 2.45) is 0 Å². The van der Waals surface area contributed by atoms with Crippen molar-refractivity contribution in [2.45, 2.75) is 65.6 Å². The van der Waals surface area contributed by atoms with E-state index in [1.54, 1.807) is 0 Å². The number of hydrogen-bond donors (Lipinski definition) is 1. The van der Waals surface area contributed by atoms with E-state index < -0.39 is 0 Å². The second kappa shape index (κ2) is 7.50. The van der Waals surface area contributed by atoms with E-state index in [0.29, 0.717) is 6.04 Å². The average molecular weight is 222 g/mol. The van der Waals surface area contributed by atoms with Crippen LogP contribution in [-0.2, 0) is 13.1 Å². The second-order valence-electron chi connectivity index (χ2n) is 4.53. The summed E-state index contributed by atoms with van der Waals surface area (Å²) >= 11 is 0. The van der Waals surface area contributed by atoms with Gasteiger partial charge in [-0.1, -0.05) is 27.2 Å². The summed E-state index contributed by atoms with van der Waals surface area (Å²) in [5.74, 6) is 0. The number of aryl methyl sites for hydroxylation is 1. The van der Waals surface area contributed by atoms with Crippen molar-refractivity contribution in [1.82, 2.24) is 9.88 Å². The third-order valence-corrected chi connectivity index (χ3v) is 3.02. The second-order valence-corrected chi connectivity index (χ2v) is 4.53. The van der Waals surface area contributed by atoms with Crippen LogP contribution in [0.25, 0.3) is 0 Å². The van der Waals surface area contributed by atoms with Gasteiger partial charge in [-0.3, -0.25) is 0 Å². The van der Waals surface area contributed by atoms with E-state index in [4.69, 9.17) is 0 Å². The molecule has 0 fully saturated rings. The molecule has 92 valence electrons. The van der Waals surface area contributed by atoms with Crippen LogP contribution >= 0.6 is 0 Å². The minimum atomic E-state index is 0.680. The van der Waals surface area contributed by atoms with Crippen molar-refractivity contribution in [1.29, 1.82) is 0 Å². The van der Waals surface area contributed by atoms with E-state index >= 15 is 0 Å². The van der Waals surface area contributed by atoms with Gasteiger partial charge in [-0.25, -0.2) is 0 Å². The Morgan fingerprint density at radius 1 is 1.25 bits per heavy atom. The lowest BCUT2D eigenvalue weighted by molar-refractivity contribution is 0.462. The molecule has 16 heavy (non-hydrogen) atoms. The Hall–Kier alpha value is -0.760. The smallest absolute Gasteiger partial charge is 0.0223 e. The lowest BCUT2D eigenvalue weighted by Gasteiger charge is -2.15. The van der Waals surface area contributed by atoms with Gasteiger partial charge in [0.1, 0.15) is 0 Å². The highest BCUT2D eigenvalue weighted by Gasteiger charge is 2.04. The van der Waals surface area contributed by atoms with E-state index in [1.807, 2.05) is 0 Å². The maximum Gasteiger partial charge on any atom is 0.0223 e. The molecule has 2 heteroatoms. The van der Waals surface area contributed by atoms with Crippen LogP contribution in [0.1, 0.15) is 52.0 Å². The molecule has 0 aliphatic carbocycles. The number of aromatic nitrogens is 1. The first-order valence-electron chi connectivity index (χ1n) is 6.68. The molecule has 1 heterocycles. The maximum absolute atomic E-state index is 3.63. The van der Waals surface area contributed by atoms with Crippen LogP contribution in [-0.4, -0.2) is 10.6 Å². The average Bonchev–Trinajstić information content (AvgIpc) is 2.72. The Morgan fingerprint density at radius 3 is 2.69 bits per heavy atom. The fourth-order valence-electron chi connectivity index (χ4n) is 2.05. The van der Waals surface area contributed by atoms with E-state index in [1.165, 1.54) is 31.2 Å². The molecule has 0 amide bonds. The highest BCUT2D eigenvalue weighted by atomic mass is 14.9. The van der Waals surface area contributed by atoms with Gasteiger partial charge in [-0.2, -0.15) is 0 Å². The van der Waals surface area contributed by atoms with Crippen LogP contribution in [0, 0.1) is 0 Å². The van der Waals surface area contributed by atoms with Crippen LogP contribution in [0.15, 0.2) is 18.5 Å². The maximum atomic E-state index is 3.63. The fraction of sp³-hybridized carbons (Fsp3) is 0.714. The predicted molar refractivity (Wildman–Crippen MR) is 70.5 cm³/mol. The summed E-state index contributed by atoms with van der Waals surface area (Å²) in [4.78, 5) is 0. The molecule has 1 aromatic heterocycles. The third kappa shape index (κ3) is 4.40. The lowest BCUT2D eigenvalue weighted by Crippen LogP contribution is -2.27. The number of hydrogen-bond acceptors (Lipinski definition) is 1. The molecule has 0 aliphatic rings. The fourth-order valence-corrected chi connectivity index (χ4v) is 2.05. The minimum absolute atomic E-state index is 0.680. The molecule has 0 spiro atoms. The molecule has 0 radical (unpaired) electrons. The highest BCUT2D eigenvalue weighted by Crippen LogP contribution is 2.05. The van der Waals surface area contributed by atoms with Crippen molar-refractivity contribution < 1.29 is 0 Å². The molecule has 1 N–H and O–H groups in total. The summed E-state index contributed by atoms with van der Waals surface area (Å²) in [6.07, 6.45) is 9.42. The van der Waals surface area contributed by atoms with Crippen molar-refractivity contribution in [3.8, 4) is 0 Å². The number of nitrogens with zero attached hydrogens (tertiary/aromatic N) is 1. The quantitative estimate of drug-likeness (QED) is 0.711. The molecule has 0 saturated heterocycles. The first-order chi connectivity index (χ1) is 7.80. The Labute approximate surface area is 100 Å². The van der Waals surface area contributed by atoms with Gasteiger partial charge >= 0.3 is 0 Å². The standard InChI is InChI=1S/C14H26N2/c1-4-7-14(6-3)15-11-13-8-10-16(12-13)9-5-2/h8,10,12,14-15H,4-7,9,11H2,1-3H3. The van der Waals surface area contributed by atoms with E-state index in [2.05, 4.69) is 49.1 Å². The van der Waals surface area contributed by atoms with Gasteiger partial charge in [0.05, 0.1) is 0 Å². The molecule has 0 bridgehead atoms. The molecule has 0 aromatic carbocycles. The van der Waals surface area contributed by atoms with Gasteiger partial charge in [-0.15, -0.1) is 0 Å². The molecule has 1 atom stereocenters. The van der Waals surface area contributed by atoms with E-state index in [9.17, 15) is 0 Å². The largest absolute Gasteiger partial charge is 0.354 e. The number of rotatable bonds is 8. The first kappa shape index (κ1) is 13.3. The minimum Gasteiger partial charge on any atom is -0.354 e. The summed E-state index contributed by atoms with van der Waals surface area (Å²) in [6.45, 7) is 8.87. The van der Waals surface area contributed by atoms with Gasteiger partial charge in [0.2, 0.25) is 0 Å². The summed E-state index contributed by atoms with van der Waals surface area (Å²) in [7, 11) is 0. The lowest BCUT2D eigenvalue weighted by atomic mass is 10.1. The highest BCUT2D eigenvalue weighted by molar-refractivity contribution is 5.10. The molecule has 0 saturated carbocycles. The zero-order chi connectivity index (χ0) is 11.8. The molecule has 0 aliphatic heterocycles. The van der Waals surface area contributed by atoms with Crippen molar-refractivity contribution in [2.75, 3.05) is 0 Å². The Morgan fingerprint density at radius 2 is 2.06 bits per heavy atom. The predicted octanol–water partition coefficient (Wildman–Crippen LogP) is 3.57. The molecule has 1 rings (SSSR count). The van der Waals surface area contributed by atoms with Crippen LogP contribution < -0.4 is 5.32 Å². The Kier molecular flexibility index (Phi) is 6.24. The molecule has 2 nitrogen and oxygen atoms in total. The Balaban J connectivity index is 2.34. The Bertz CT molecular complexity index is 278. The zero-order valence-corrected chi connectivity index (χ0v) is 11.0. The monoisotopic (exact) mass is 222 g/mol. The summed E-state index contributed by atoms with van der Waals surface area (Å²) in [6, 6.07) is 2.90. The van der Waals surface area contributed by atoms with Gasteiger partial charge in [-0.05, 0) is 30.9 Å². The van der Waals surface area contributed by atoms with Gasteiger partial charge in [0.25, 0.3) is 0 Å². The first-order valence-corrected chi connectivity index (χ1v) is 6.68. The number of nitrogens with one attached hydrogen (secondary N) is 1. The SMILES string of the molecule is CCCC(CC)NCc1ccn(CCC)c1. The molecular formula is C14H26N2. The van der Waals surface area contributed by atoms with Crippen LogP contribution in [0.5, 0.6) is 0 Å². The van der Waals surface area contributed by atoms with Crippen LogP contribution in [0.3, 0.4) is 0 Å². The van der Waals surface area contributed by atoms with Gasteiger partial charge in [0, 0.05) is 31.5 Å². The molecule has 1 unspecified atom stereocenters. The van der Waals surface area contributed by atoms with Gasteiger partial charge < -0.3 is 9.88 Å².